The molecule has 0 aromatic carbocycles. The molecule has 1 N–H and O–H groups in total. The largest absolute Gasteiger partial charge is 0.460 e. The Balaban J connectivity index is 2.32. The highest BCUT2D eigenvalue weighted by atomic mass is 16.6. The minimum absolute atomic E-state index is 0.0561. The van der Waals surface area contributed by atoms with Crippen LogP contribution >= 0.6 is 0 Å². The van der Waals surface area contributed by atoms with Gasteiger partial charge in [-0.05, 0) is 33.2 Å². The molecular formula is C11H21NO3. The molecule has 1 aliphatic rings. The minimum Gasteiger partial charge on any atom is -0.460 e. The lowest BCUT2D eigenvalue weighted by Gasteiger charge is -2.27. The molecule has 4 heteroatoms. The summed E-state index contributed by atoms with van der Waals surface area (Å²) in [5.41, 5.74) is 0. The molecule has 1 heterocycles. The molecule has 1 rings (SSSR count). The standard InChI is InChI=1S/C11H21NO3/c1-8-6-10(4-5-12-8)11(13)15-9(2)7-14-3/h8-10,12H,4-7H2,1-3H3. The van der Waals surface area contributed by atoms with E-state index in [2.05, 4.69) is 12.2 Å². The van der Waals surface area contributed by atoms with Crippen molar-refractivity contribution in [3.05, 3.63) is 0 Å². The molecule has 0 aliphatic carbocycles. The molecular weight excluding hydrogens is 194 g/mol. The van der Waals surface area contributed by atoms with Gasteiger partial charge in [0.15, 0.2) is 0 Å². The summed E-state index contributed by atoms with van der Waals surface area (Å²) in [5, 5.41) is 3.31. The van der Waals surface area contributed by atoms with Gasteiger partial charge >= 0.3 is 5.97 Å². The van der Waals surface area contributed by atoms with Gasteiger partial charge < -0.3 is 14.8 Å². The SMILES string of the molecule is COCC(C)OC(=O)C1CCNC(C)C1. The zero-order chi connectivity index (χ0) is 11.3. The van der Waals surface area contributed by atoms with Crippen LogP contribution < -0.4 is 5.32 Å². The number of piperidine rings is 1. The Labute approximate surface area is 91.3 Å². The Hall–Kier alpha value is -0.610. The average molecular weight is 215 g/mol. The number of methoxy groups -OCH3 is 1. The van der Waals surface area contributed by atoms with E-state index in [1.54, 1.807) is 7.11 Å². The van der Waals surface area contributed by atoms with Crippen LogP contribution in [0.3, 0.4) is 0 Å². The van der Waals surface area contributed by atoms with E-state index in [1.165, 1.54) is 0 Å². The summed E-state index contributed by atoms with van der Waals surface area (Å²) in [6, 6.07) is 0.411. The Morgan fingerprint density at radius 3 is 2.93 bits per heavy atom. The molecule has 3 unspecified atom stereocenters. The quantitative estimate of drug-likeness (QED) is 0.709. The van der Waals surface area contributed by atoms with Crippen molar-refractivity contribution in [3.8, 4) is 0 Å². The second kappa shape index (κ2) is 6.08. The highest BCUT2D eigenvalue weighted by Gasteiger charge is 2.26. The second-order valence-electron chi connectivity index (χ2n) is 4.28. The molecule has 15 heavy (non-hydrogen) atoms. The number of carbonyl (C=O) groups excluding carboxylic acids is 1. The summed E-state index contributed by atoms with van der Waals surface area (Å²) in [6.07, 6.45) is 1.61. The van der Waals surface area contributed by atoms with E-state index in [4.69, 9.17) is 9.47 Å². The Morgan fingerprint density at radius 1 is 1.60 bits per heavy atom. The van der Waals surface area contributed by atoms with Crippen LogP contribution in [-0.4, -0.2) is 38.4 Å². The maximum atomic E-state index is 11.7. The van der Waals surface area contributed by atoms with E-state index in [1.807, 2.05) is 6.92 Å². The summed E-state index contributed by atoms with van der Waals surface area (Å²) in [5.74, 6) is -0.0199. The van der Waals surface area contributed by atoms with Gasteiger partial charge in [0, 0.05) is 13.2 Å². The highest BCUT2D eigenvalue weighted by Crippen LogP contribution is 2.18. The van der Waals surface area contributed by atoms with Crippen LogP contribution in [0.25, 0.3) is 0 Å². The van der Waals surface area contributed by atoms with Crippen molar-refractivity contribution in [2.75, 3.05) is 20.3 Å². The lowest BCUT2D eigenvalue weighted by atomic mass is 9.93. The lowest BCUT2D eigenvalue weighted by Crippen LogP contribution is -2.40. The third-order valence-corrected chi connectivity index (χ3v) is 2.68. The number of hydrogen-bond donors (Lipinski definition) is 1. The van der Waals surface area contributed by atoms with E-state index in [0.717, 1.165) is 19.4 Å². The van der Waals surface area contributed by atoms with Crippen LogP contribution in [0.2, 0.25) is 0 Å². The van der Waals surface area contributed by atoms with E-state index >= 15 is 0 Å². The lowest BCUT2D eigenvalue weighted by molar-refractivity contribution is -0.156. The zero-order valence-electron chi connectivity index (χ0n) is 9.79. The van der Waals surface area contributed by atoms with Crippen molar-refractivity contribution in [2.45, 2.75) is 38.8 Å². The summed E-state index contributed by atoms with van der Waals surface area (Å²) >= 11 is 0. The van der Waals surface area contributed by atoms with Crippen molar-refractivity contribution in [3.63, 3.8) is 0 Å². The van der Waals surface area contributed by atoms with Crippen molar-refractivity contribution in [1.82, 2.24) is 5.32 Å². The number of nitrogens with one attached hydrogen (secondary N) is 1. The number of rotatable bonds is 4. The van der Waals surface area contributed by atoms with Crippen LogP contribution in [0.1, 0.15) is 26.7 Å². The molecule has 4 nitrogen and oxygen atoms in total. The predicted octanol–water partition coefficient (Wildman–Crippen LogP) is 0.953. The first kappa shape index (κ1) is 12.5. The fourth-order valence-electron chi connectivity index (χ4n) is 1.91. The van der Waals surface area contributed by atoms with E-state index in [0.29, 0.717) is 12.6 Å². The molecule has 0 radical (unpaired) electrons. The first-order valence-corrected chi connectivity index (χ1v) is 5.56. The monoisotopic (exact) mass is 215 g/mol. The van der Waals surface area contributed by atoms with Crippen LogP contribution in [0.15, 0.2) is 0 Å². The molecule has 0 saturated carbocycles. The number of carbonyl (C=O) groups is 1. The van der Waals surface area contributed by atoms with Gasteiger partial charge in [0.25, 0.3) is 0 Å². The first-order chi connectivity index (χ1) is 7.13. The van der Waals surface area contributed by atoms with Crippen molar-refractivity contribution < 1.29 is 14.3 Å². The van der Waals surface area contributed by atoms with Gasteiger partial charge in [-0.2, -0.15) is 0 Å². The minimum atomic E-state index is -0.146. The molecule has 0 amide bonds. The van der Waals surface area contributed by atoms with Crippen LogP contribution in [0.4, 0.5) is 0 Å². The number of esters is 1. The number of ether oxygens (including phenoxy) is 2. The molecule has 0 spiro atoms. The van der Waals surface area contributed by atoms with Crippen LogP contribution in [-0.2, 0) is 14.3 Å². The molecule has 88 valence electrons. The van der Waals surface area contributed by atoms with Gasteiger partial charge in [-0.3, -0.25) is 4.79 Å². The van der Waals surface area contributed by atoms with E-state index in [-0.39, 0.29) is 18.0 Å². The average Bonchev–Trinajstić information content (AvgIpc) is 2.18. The van der Waals surface area contributed by atoms with Crippen molar-refractivity contribution >= 4 is 5.97 Å². The summed E-state index contributed by atoms with van der Waals surface area (Å²) < 4.78 is 10.2. The van der Waals surface area contributed by atoms with Crippen molar-refractivity contribution in [2.24, 2.45) is 5.92 Å². The summed E-state index contributed by atoms with van der Waals surface area (Å²) in [4.78, 5) is 11.7. The van der Waals surface area contributed by atoms with Crippen molar-refractivity contribution in [1.29, 1.82) is 0 Å². The van der Waals surface area contributed by atoms with Gasteiger partial charge in [0.1, 0.15) is 6.10 Å². The molecule has 1 aliphatic heterocycles. The summed E-state index contributed by atoms with van der Waals surface area (Å²) in [6.45, 7) is 5.32. The summed E-state index contributed by atoms with van der Waals surface area (Å²) in [7, 11) is 1.61. The number of hydrogen-bond acceptors (Lipinski definition) is 4. The van der Waals surface area contributed by atoms with Crippen LogP contribution in [0, 0.1) is 5.92 Å². The Kier molecular flexibility index (Phi) is 5.05. The third kappa shape index (κ3) is 4.18. The van der Waals surface area contributed by atoms with Gasteiger partial charge in [0.05, 0.1) is 12.5 Å². The first-order valence-electron chi connectivity index (χ1n) is 5.56. The second-order valence-corrected chi connectivity index (χ2v) is 4.28. The molecule has 0 aromatic heterocycles. The fraction of sp³-hybridized carbons (Fsp3) is 0.909. The third-order valence-electron chi connectivity index (χ3n) is 2.68. The molecule has 1 saturated heterocycles. The van der Waals surface area contributed by atoms with Gasteiger partial charge in [-0.1, -0.05) is 0 Å². The maximum Gasteiger partial charge on any atom is 0.309 e. The van der Waals surface area contributed by atoms with Crippen LogP contribution in [0.5, 0.6) is 0 Å². The van der Waals surface area contributed by atoms with Gasteiger partial charge in [-0.15, -0.1) is 0 Å². The zero-order valence-corrected chi connectivity index (χ0v) is 9.79. The molecule has 3 atom stereocenters. The predicted molar refractivity (Wildman–Crippen MR) is 57.6 cm³/mol. The normalized spacial score (nSPS) is 28.5. The molecule has 0 bridgehead atoms. The Bertz CT molecular complexity index is 208. The fourth-order valence-corrected chi connectivity index (χ4v) is 1.91. The smallest absolute Gasteiger partial charge is 0.309 e. The van der Waals surface area contributed by atoms with Gasteiger partial charge in [-0.25, -0.2) is 0 Å². The van der Waals surface area contributed by atoms with E-state index < -0.39 is 0 Å². The van der Waals surface area contributed by atoms with E-state index in [9.17, 15) is 4.79 Å². The molecule has 1 fully saturated rings. The maximum absolute atomic E-state index is 11.7. The highest BCUT2D eigenvalue weighted by molar-refractivity contribution is 5.72. The topological polar surface area (TPSA) is 47.6 Å². The Morgan fingerprint density at radius 2 is 2.33 bits per heavy atom. The molecule has 0 aromatic rings. The van der Waals surface area contributed by atoms with Gasteiger partial charge in [0.2, 0.25) is 0 Å².